The van der Waals surface area contributed by atoms with E-state index in [9.17, 15) is 4.79 Å². The predicted octanol–water partition coefficient (Wildman–Crippen LogP) is -0.389. The smallest absolute Gasteiger partial charge is 0.242 e. The standard InChI is InChI=1S/C8H18N2O2/c1-7(2,3)10-6(12)8(4,9)5-11/h11H,5,9H2,1-4H3,(H,10,12)/t8-/m0/s1. The Morgan fingerprint density at radius 1 is 1.42 bits per heavy atom. The molecule has 72 valence electrons. The Morgan fingerprint density at radius 2 is 1.83 bits per heavy atom. The summed E-state index contributed by atoms with van der Waals surface area (Å²) in [5, 5.41) is 11.5. The normalized spacial score (nSPS) is 16.8. The van der Waals surface area contributed by atoms with Crippen LogP contribution in [0.15, 0.2) is 0 Å². The molecule has 0 rings (SSSR count). The van der Waals surface area contributed by atoms with E-state index in [1.54, 1.807) is 0 Å². The van der Waals surface area contributed by atoms with Crippen LogP contribution in [-0.4, -0.2) is 28.7 Å². The van der Waals surface area contributed by atoms with Crippen molar-refractivity contribution in [3.05, 3.63) is 0 Å². The van der Waals surface area contributed by atoms with Crippen LogP contribution in [0.5, 0.6) is 0 Å². The summed E-state index contributed by atoms with van der Waals surface area (Å²) in [6.45, 7) is 6.72. The maximum absolute atomic E-state index is 11.3. The van der Waals surface area contributed by atoms with Crippen molar-refractivity contribution in [3.8, 4) is 0 Å². The number of carbonyl (C=O) groups excluding carboxylic acids is 1. The Hall–Kier alpha value is -0.610. The zero-order valence-electron chi connectivity index (χ0n) is 8.14. The molecular weight excluding hydrogens is 156 g/mol. The second-order valence-electron chi connectivity index (χ2n) is 4.28. The molecule has 4 heteroatoms. The van der Waals surface area contributed by atoms with Gasteiger partial charge in [0, 0.05) is 5.54 Å². The summed E-state index contributed by atoms with van der Waals surface area (Å²) in [6, 6.07) is 0. The van der Waals surface area contributed by atoms with Crippen molar-refractivity contribution < 1.29 is 9.90 Å². The van der Waals surface area contributed by atoms with Crippen LogP contribution in [0.2, 0.25) is 0 Å². The van der Waals surface area contributed by atoms with Gasteiger partial charge in [0.25, 0.3) is 0 Å². The van der Waals surface area contributed by atoms with Gasteiger partial charge in [0.2, 0.25) is 5.91 Å². The number of carbonyl (C=O) groups is 1. The lowest BCUT2D eigenvalue weighted by Gasteiger charge is -2.27. The molecule has 0 aromatic rings. The van der Waals surface area contributed by atoms with Crippen molar-refractivity contribution >= 4 is 5.91 Å². The van der Waals surface area contributed by atoms with E-state index >= 15 is 0 Å². The first kappa shape index (κ1) is 11.4. The predicted molar refractivity (Wildman–Crippen MR) is 47.6 cm³/mol. The molecule has 0 radical (unpaired) electrons. The minimum absolute atomic E-state index is 0.313. The van der Waals surface area contributed by atoms with Crippen molar-refractivity contribution in [3.63, 3.8) is 0 Å². The van der Waals surface area contributed by atoms with Gasteiger partial charge in [-0.3, -0.25) is 4.79 Å². The summed E-state index contributed by atoms with van der Waals surface area (Å²) in [6.07, 6.45) is 0. The Labute approximate surface area is 73.1 Å². The molecule has 12 heavy (non-hydrogen) atoms. The molecule has 1 amide bonds. The zero-order valence-corrected chi connectivity index (χ0v) is 8.14. The Morgan fingerprint density at radius 3 is 2.08 bits per heavy atom. The van der Waals surface area contributed by atoms with E-state index < -0.39 is 5.54 Å². The second-order valence-corrected chi connectivity index (χ2v) is 4.28. The highest BCUT2D eigenvalue weighted by Gasteiger charge is 2.29. The quantitative estimate of drug-likeness (QED) is 0.533. The van der Waals surface area contributed by atoms with Crippen LogP contribution in [0.25, 0.3) is 0 Å². The van der Waals surface area contributed by atoms with E-state index in [0.717, 1.165) is 0 Å². The summed E-state index contributed by atoms with van der Waals surface area (Å²) in [5.74, 6) is -0.336. The summed E-state index contributed by atoms with van der Waals surface area (Å²) >= 11 is 0. The zero-order chi connectivity index (χ0) is 9.99. The SMILES string of the molecule is CC(C)(C)NC(=O)[C@@](C)(N)CO. The highest BCUT2D eigenvalue weighted by atomic mass is 16.3. The number of aliphatic hydroxyl groups excluding tert-OH is 1. The van der Waals surface area contributed by atoms with E-state index in [4.69, 9.17) is 10.8 Å². The molecule has 0 saturated heterocycles. The van der Waals surface area contributed by atoms with Gasteiger partial charge in [0.15, 0.2) is 0 Å². The molecule has 0 saturated carbocycles. The molecule has 0 aromatic carbocycles. The topological polar surface area (TPSA) is 75.4 Å². The summed E-state index contributed by atoms with van der Waals surface area (Å²) in [5.41, 5.74) is 4.00. The molecular formula is C8H18N2O2. The first-order chi connectivity index (χ1) is 5.19. The van der Waals surface area contributed by atoms with Crippen LogP contribution in [0, 0.1) is 0 Å². The second kappa shape index (κ2) is 3.41. The largest absolute Gasteiger partial charge is 0.394 e. The summed E-state index contributed by atoms with van der Waals surface area (Å²) < 4.78 is 0. The fraction of sp³-hybridized carbons (Fsp3) is 0.875. The average molecular weight is 174 g/mol. The van der Waals surface area contributed by atoms with E-state index in [-0.39, 0.29) is 18.1 Å². The third-order valence-corrected chi connectivity index (χ3v) is 1.34. The van der Waals surface area contributed by atoms with Gasteiger partial charge in [-0.1, -0.05) is 0 Å². The Balaban J connectivity index is 4.23. The van der Waals surface area contributed by atoms with Gasteiger partial charge in [-0.25, -0.2) is 0 Å². The molecule has 1 atom stereocenters. The fourth-order valence-electron chi connectivity index (χ4n) is 0.555. The fourth-order valence-corrected chi connectivity index (χ4v) is 0.555. The number of amides is 1. The number of hydrogen-bond acceptors (Lipinski definition) is 3. The molecule has 0 aliphatic rings. The van der Waals surface area contributed by atoms with Crippen LogP contribution in [0.1, 0.15) is 27.7 Å². The lowest BCUT2D eigenvalue weighted by atomic mass is 10.0. The minimum atomic E-state index is -1.19. The van der Waals surface area contributed by atoms with Crippen LogP contribution in [0.3, 0.4) is 0 Å². The first-order valence-electron chi connectivity index (χ1n) is 3.91. The van der Waals surface area contributed by atoms with Crippen molar-refractivity contribution in [2.24, 2.45) is 5.73 Å². The van der Waals surface area contributed by atoms with Crippen molar-refractivity contribution in [1.29, 1.82) is 0 Å². The number of aliphatic hydroxyl groups is 1. The van der Waals surface area contributed by atoms with Crippen molar-refractivity contribution in [1.82, 2.24) is 5.32 Å². The molecule has 0 bridgehead atoms. The molecule has 4 N–H and O–H groups in total. The van der Waals surface area contributed by atoms with Crippen LogP contribution >= 0.6 is 0 Å². The van der Waals surface area contributed by atoms with Gasteiger partial charge in [0.05, 0.1) is 6.61 Å². The highest BCUT2D eigenvalue weighted by molar-refractivity contribution is 5.86. The molecule has 0 aromatic heterocycles. The van der Waals surface area contributed by atoms with Crippen LogP contribution in [0.4, 0.5) is 0 Å². The number of nitrogens with one attached hydrogen (secondary N) is 1. The molecule has 0 unspecified atom stereocenters. The third kappa shape index (κ3) is 3.69. The monoisotopic (exact) mass is 174 g/mol. The first-order valence-corrected chi connectivity index (χ1v) is 3.91. The van der Waals surface area contributed by atoms with Crippen molar-refractivity contribution in [2.75, 3.05) is 6.61 Å². The maximum atomic E-state index is 11.3. The lowest BCUT2D eigenvalue weighted by Crippen LogP contribution is -2.58. The van der Waals surface area contributed by atoms with Gasteiger partial charge >= 0.3 is 0 Å². The molecule has 0 heterocycles. The average Bonchev–Trinajstić information content (AvgIpc) is 1.84. The molecule has 4 nitrogen and oxygen atoms in total. The Kier molecular flexibility index (Phi) is 3.24. The van der Waals surface area contributed by atoms with Crippen LogP contribution in [-0.2, 0) is 4.79 Å². The molecule has 0 aliphatic carbocycles. The van der Waals surface area contributed by atoms with E-state index in [2.05, 4.69) is 5.32 Å². The third-order valence-electron chi connectivity index (χ3n) is 1.34. The van der Waals surface area contributed by atoms with Gasteiger partial charge in [-0.2, -0.15) is 0 Å². The van der Waals surface area contributed by atoms with Crippen molar-refractivity contribution in [2.45, 2.75) is 38.8 Å². The molecule has 0 fully saturated rings. The van der Waals surface area contributed by atoms with E-state index in [1.807, 2.05) is 20.8 Å². The summed E-state index contributed by atoms with van der Waals surface area (Å²) in [7, 11) is 0. The molecule has 0 aliphatic heterocycles. The maximum Gasteiger partial charge on any atom is 0.242 e. The number of rotatable bonds is 2. The van der Waals surface area contributed by atoms with E-state index in [0.29, 0.717) is 0 Å². The number of hydrogen-bond donors (Lipinski definition) is 3. The Bertz CT molecular complexity index is 170. The van der Waals surface area contributed by atoms with Gasteiger partial charge in [-0.05, 0) is 27.7 Å². The molecule has 0 spiro atoms. The lowest BCUT2D eigenvalue weighted by molar-refractivity contribution is -0.128. The van der Waals surface area contributed by atoms with Crippen LogP contribution < -0.4 is 11.1 Å². The van der Waals surface area contributed by atoms with Gasteiger partial charge < -0.3 is 16.2 Å². The van der Waals surface area contributed by atoms with Gasteiger partial charge in [-0.15, -0.1) is 0 Å². The summed E-state index contributed by atoms with van der Waals surface area (Å²) in [4.78, 5) is 11.3. The number of nitrogens with two attached hydrogens (primary N) is 1. The highest BCUT2D eigenvalue weighted by Crippen LogP contribution is 2.03. The minimum Gasteiger partial charge on any atom is -0.394 e. The van der Waals surface area contributed by atoms with E-state index in [1.165, 1.54) is 6.92 Å². The van der Waals surface area contributed by atoms with Gasteiger partial charge in [0.1, 0.15) is 5.54 Å².